The van der Waals surface area contributed by atoms with Gasteiger partial charge in [0.15, 0.2) is 0 Å². The molecule has 0 saturated carbocycles. The number of carbonyl (C=O) groups excluding carboxylic acids is 1. The van der Waals surface area contributed by atoms with Gasteiger partial charge in [-0.05, 0) is 0 Å². The molecule has 0 spiro atoms. The second kappa shape index (κ2) is 8.60. The van der Waals surface area contributed by atoms with Crippen LogP contribution in [0, 0.1) is 0 Å². The van der Waals surface area contributed by atoms with E-state index >= 15 is 0 Å². The smallest absolute Gasteiger partial charge is 1.00 e. The number of esters is 1. The maximum absolute atomic E-state index is 11.1. The minimum atomic E-state index is -0.166. The van der Waals surface area contributed by atoms with Crippen molar-refractivity contribution < 1.29 is 67.2 Å². The molecule has 96 valence electrons. The molecule has 0 bridgehead atoms. The normalized spacial score (nSPS) is 21.9. The largest absolute Gasteiger partial charge is 1.00 e. The van der Waals surface area contributed by atoms with E-state index in [0.717, 1.165) is 5.57 Å². The number of ether oxygens (including phenoxy) is 1. The summed E-state index contributed by atoms with van der Waals surface area (Å²) >= 11 is 2.16. The molecule has 0 saturated heterocycles. The zero-order valence-electron chi connectivity index (χ0n) is 10.2. The van der Waals surface area contributed by atoms with Crippen LogP contribution in [0.15, 0.2) is 22.8 Å². The van der Waals surface area contributed by atoms with Gasteiger partial charge in [-0.15, -0.1) is 0 Å². The van der Waals surface area contributed by atoms with E-state index < -0.39 is 0 Å². The summed E-state index contributed by atoms with van der Waals surface area (Å²) in [6, 6.07) is 0. The van der Waals surface area contributed by atoms with Gasteiger partial charge in [0.1, 0.15) is 0 Å². The molecule has 1 aliphatic carbocycles. The topological polar surface area (TPSA) is 26.3 Å². The number of hydrogen-bond donors (Lipinski definition) is 0. The number of allylic oxidation sites excluding steroid dienone is 3. The van der Waals surface area contributed by atoms with Gasteiger partial charge in [-0.2, -0.15) is 0 Å². The Hall–Kier alpha value is 0.534. The fourth-order valence-corrected chi connectivity index (χ4v) is 2.17. The van der Waals surface area contributed by atoms with Gasteiger partial charge in [-0.25, -0.2) is 0 Å². The fourth-order valence-electron chi connectivity index (χ4n) is 1.61. The van der Waals surface area contributed by atoms with Gasteiger partial charge in [0.25, 0.3) is 0 Å². The summed E-state index contributed by atoms with van der Waals surface area (Å²) in [5.74, 6) is -0.166. The summed E-state index contributed by atoms with van der Waals surface area (Å²) in [5.41, 5.74) is 3.69. The first kappa shape index (κ1) is 22.7. The maximum atomic E-state index is 11.1. The molecule has 0 N–H and O–H groups in total. The van der Waals surface area contributed by atoms with Crippen molar-refractivity contribution in [1.29, 1.82) is 0 Å². The van der Waals surface area contributed by atoms with Gasteiger partial charge in [0.05, 0.1) is 0 Å². The number of rotatable bonds is 2. The number of hydrogen-bond acceptors (Lipinski definition) is 2. The zero-order valence-corrected chi connectivity index (χ0v) is 14.1. The average molecular weight is 333 g/mol. The van der Waals surface area contributed by atoms with Crippen LogP contribution in [0.2, 0.25) is 3.72 Å². The summed E-state index contributed by atoms with van der Waals surface area (Å²) in [5, 5.41) is 0. The van der Waals surface area contributed by atoms with E-state index in [2.05, 4.69) is 52.0 Å². The Kier molecular flexibility index (Phi) is 11.5. The van der Waals surface area contributed by atoms with Gasteiger partial charge < -0.3 is 37.2 Å². The Morgan fingerprint density at radius 2 is 1.82 bits per heavy atom. The predicted molar refractivity (Wildman–Crippen MR) is 51.5 cm³/mol. The number of halogens is 3. The summed E-state index contributed by atoms with van der Waals surface area (Å²) < 4.78 is 4.75. The molecular weight excluding hydrogens is 318 g/mol. The van der Waals surface area contributed by atoms with E-state index in [1.165, 1.54) is 18.3 Å². The van der Waals surface area contributed by atoms with Gasteiger partial charge in [0.2, 0.25) is 0 Å². The van der Waals surface area contributed by atoms with Crippen molar-refractivity contribution in [2.75, 3.05) is 7.11 Å². The minimum absolute atomic E-state index is 0. The van der Waals surface area contributed by atoms with Crippen LogP contribution < -0.4 is 37.2 Å². The first-order chi connectivity index (χ1) is 6.38. The van der Waals surface area contributed by atoms with Crippen LogP contribution in [0.25, 0.3) is 0 Å². The van der Waals surface area contributed by atoms with Crippen LogP contribution in [0.5, 0.6) is 0 Å². The zero-order chi connectivity index (χ0) is 10.9. The molecule has 0 aromatic rings. The van der Waals surface area contributed by atoms with Crippen molar-refractivity contribution in [2.24, 2.45) is 0 Å². The van der Waals surface area contributed by atoms with Gasteiger partial charge >= 0.3 is 96.8 Å². The Balaban J connectivity index is -0.000000653. The molecule has 6 heteroatoms. The van der Waals surface area contributed by atoms with Gasteiger partial charge in [-0.3, -0.25) is 0 Å². The monoisotopic (exact) mass is 332 g/mol. The van der Waals surface area contributed by atoms with Crippen LogP contribution >= 0.6 is 0 Å². The first-order valence-electron chi connectivity index (χ1n) is 4.60. The van der Waals surface area contributed by atoms with E-state index in [0.29, 0.717) is 6.42 Å². The molecule has 0 heterocycles. The van der Waals surface area contributed by atoms with Crippen LogP contribution in [0.3, 0.4) is 0 Å². The number of carbonyl (C=O) groups is 1. The molecule has 0 fully saturated rings. The van der Waals surface area contributed by atoms with Crippen molar-refractivity contribution in [3.8, 4) is 0 Å². The second-order valence-electron chi connectivity index (χ2n) is 3.87. The fraction of sp³-hybridized carbons (Fsp3) is 0.545. The minimum Gasteiger partial charge on any atom is -1.00 e. The Bertz CT molecular complexity index is 336. The quantitative estimate of drug-likeness (QED) is 0.371. The second-order valence-corrected chi connectivity index (χ2v) is 5.50. The Labute approximate surface area is 133 Å². The van der Waals surface area contributed by atoms with Crippen molar-refractivity contribution in [3.63, 3.8) is 0 Å². The third kappa shape index (κ3) is 5.36. The molecule has 17 heavy (non-hydrogen) atoms. The average Bonchev–Trinajstić information content (AvgIpc) is 2.30. The molecule has 0 aromatic carbocycles. The van der Waals surface area contributed by atoms with E-state index in [1.807, 2.05) is 0 Å². The van der Waals surface area contributed by atoms with Crippen molar-refractivity contribution in [1.82, 2.24) is 0 Å². The summed E-state index contributed by atoms with van der Waals surface area (Å²) in [6.07, 6.45) is 2.55. The molecule has 0 aromatic heterocycles. The number of methoxy groups -OCH3 is 1. The van der Waals surface area contributed by atoms with Crippen LogP contribution in [-0.4, -0.2) is 13.1 Å². The maximum Gasteiger partial charge on any atom is -1.00 e. The van der Waals surface area contributed by atoms with Crippen molar-refractivity contribution >= 4 is 5.97 Å². The molecule has 0 amide bonds. The van der Waals surface area contributed by atoms with Crippen LogP contribution in [-0.2, 0) is 30.0 Å². The van der Waals surface area contributed by atoms with E-state index in [9.17, 15) is 4.79 Å². The predicted octanol–water partition coefficient (Wildman–Crippen LogP) is -6.44. The van der Waals surface area contributed by atoms with Crippen molar-refractivity contribution in [2.45, 2.75) is 30.9 Å². The first-order valence-corrected chi connectivity index (χ1v) is 5.38. The Morgan fingerprint density at radius 1 is 1.35 bits per heavy atom. The summed E-state index contributed by atoms with van der Waals surface area (Å²) in [6.45, 7) is 6.35. The summed E-state index contributed by atoms with van der Waals surface area (Å²) in [7, 11) is 1.43. The third-order valence-electron chi connectivity index (χ3n) is 2.85. The molecule has 1 rings (SSSR count). The summed E-state index contributed by atoms with van der Waals surface area (Å²) in [4.78, 5) is 11.1. The molecule has 1 aliphatic rings. The SMILES string of the molecule is COC(=O)CC1=C[C](C)([Ti+3])C(C)=C1C.[Cl-].[Cl-].[Cl-]. The van der Waals surface area contributed by atoms with Crippen LogP contribution in [0.1, 0.15) is 27.2 Å². The van der Waals surface area contributed by atoms with E-state index in [4.69, 9.17) is 0 Å². The standard InChI is InChI=1S/C11H15O2.3ClH.Ti/c1-7-5-10(6-11(12)13-4)9(3)8(7)2;;;;/h5H,6H2,1-4H3;3*1H;/q;;;;+3/p-3. The molecule has 0 radical (unpaired) electrons. The van der Waals surface area contributed by atoms with E-state index in [1.54, 1.807) is 0 Å². The van der Waals surface area contributed by atoms with Gasteiger partial charge in [-0.1, -0.05) is 0 Å². The van der Waals surface area contributed by atoms with Crippen LogP contribution in [0.4, 0.5) is 0 Å². The Morgan fingerprint density at radius 3 is 2.12 bits per heavy atom. The molecule has 2 nitrogen and oxygen atoms in total. The van der Waals surface area contributed by atoms with E-state index in [-0.39, 0.29) is 46.9 Å². The molecule has 0 aliphatic heterocycles. The molecule has 1 unspecified atom stereocenters. The van der Waals surface area contributed by atoms with Gasteiger partial charge in [0, 0.05) is 0 Å². The van der Waals surface area contributed by atoms with Crippen molar-refractivity contribution in [3.05, 3.63) is 22.8 Å². The third-order valence-corrected chi connectivity index (χ3v) is 3.66. The molecule has 1 atom stereocenters. The molecular formula is C11H15Cl3O2Ti.